The van der Waals surface area contributed by atoms with Crippen molar-refractivity contribution in [2.75, 3.05) is 26.7 Å². The van der Waals surface area contributed by atoms with Crippen LogP contribution in [0.15, 0.2) is 39.4 Å². The van der Waals surface area contributed by atoms with Gasteiger partial charge in [-0.1, -0.05) is 16.8 Å². The number of aromatic nitrogens is 3. The van der Waals surface area contributed by atoms with Crippen LogP contribution in [0.1, 0.15) is 23.6 Å². The van der Waals surface area contributed by atoms with Crippen LogP contribution in [0.2, 0.25) is 5.02 Å². The SMILES string of the molecule is CN1CCNCC1c1noc(CCc2ncc(-c3ccc(Cl)cc3)o2)n1.Cl. The lowest BCUT2D eigenvalue weighted by molar-refractivity contribution is 0.190. The maximum Gasteiger partial charge on any atom is 0.227 e. The van der Waals surface area contributed by atoms with Gasteiger partial charge in [0, 0.05) is 43.1 Å². The molecule has 0 radical (unpaired) electrons. The van der Waals surface area contributed by atoms with Crippen LogP contribution in [0.4, 0.5) is 0 Å². The number of oxazole rings is 1. The van der Waals surface area contributed by atoms with Crippen LogP contribution < -0.4 is 5.32 Å². The van der Waals surface area contributed by atoms with E-state index >= 15 is 0 Å². The molecule has 144 valence electrons. The predicted molar refractivity (Wildman–Crippen MR) is 104 cm³/mol. The third-order valence-corrected chi connectivity index (χ3v) is 4.78. The smallest absolute Gasteiger partial charge is 0.227 e. The molecule has 0 amide bonds. The van der Waals surface area contributed by atoms with Crippen LogP contribution in [0.3, 0.4) is 0 Å². The Morgan fingerprint density at radius 1 is 1.22 bits per heavy atom. The number of aryl methyl sites for hydroxylation is 2. The number of hydrogen-bond donors (Lipinski definition) is 1. The van der Waals surface area contributed by atoms with E-state index in [1.165, 1.54) is 0 Å². The van der Waals surface area contributed by atoms with Crippen molar-refractivity contribution in [3.05, 3.63) is 53.1 Å². The van der Waals surface area contributed by atoms with E-state index < -0.39 is 0 Å². The molecule has 0 aliphatic carbocycles. The minimum Gasteiger partial charge on any atom is -0.441 e. The first-order valence-electron chi connectivity index (χ1n) is 8.63. The summed E-state index contributed by atoms with van der Waals surface area (Å²) in [5.74, 6) is 2.69. The van der Waals surface area contributed by atoms with E-state index in [0.717, 1.165) is 36.8 Å². The van der Waals surface area contributed by atoms with Crippen molar-refractivity contribution >= 4 is 24.0 Å². The molecule has 1 unspecified atom stereocenters. The Hall–Kier alpha value is -1.93. The highest BCUT2D eigenvalue weighted by Crippen LogP contribution is 2.23. The maximum atomic E-state index is 5.91. The second kappa shape index (κ2) is 8.84. The summed E-state index contributed by atoms with van der Waals surface area (Å²) in [5, 5.41) is 8.18. The molecule has 1 N–H and O–H groups in total. The molecule has 1 aliphatic heterocycles. The van der Waals surface area contributed by atoms with Gasteiger partial charge in [-0.25, -0.2) is 4.98 Å². The summed E-state index contributed by atoms with van der Waals surface area (Å²) < 4.78 is 11.2. The molecule has 3 aromatic rings. The van der Waals surface area contributed by atoms with Crippen molar-refractivity contribution in [2.24, 2.45) is 0 Å². The Bertz CT molecular complexity index is 865. The highest BCUT2D eigenvalue weighted by atomic mass is 35.5. The maximum absolute atomic E-state index is 5.91. The summed E-state index contributed by atoms with van der Waals surface area (Å²) in [7, 11) is 2.08. The van der Waals surface area contributed by atoms with E-state index in [2.05, 4.69) is 32.4 Å². The summed E-state index contributed by atoms with van der Waals surface area (Å²) >= 11 is 5.91. The quantitative estimate of drug-likeness (QED) is 0.692. The Kier molecular flexibility index (Phi) is 6.49. The molecule has 4 rings (SSSR count). The van der Waals surface area contributed by atoms with Crippen molar-refractivity contribution in [1.82, 2.24) is 25.3 Å². The molecular formula is C18H21Cl2N5O2. The summed E-state index contributed by atoms with van der Waals surface area (Å²) in [6, 6.07) is 7.63. The van der Waals surface area contributed by atoms with Gasteiger partial charge in [0.15, 0.2) is 17.5 Å². The average molecular weight is 410 g/mol. The topological polar surface area (TPSA) is 80.2 Å². The van der Waals surface area contributed by atoms with Crippen molar-refractivity contribution in [2.45, 2.75) is 18.9 Å². The van der Waals surface area contributed by atoms with Gasteiger partial charge < -0.3 is 14.3 Å². The lowest BCUT2D eigenvalue weighted by Gasteiger charge is -2.30. The number of nitrogens with one attached hydrogen (secondary N) is 1. The number of piperazine rings is 1. The fourth-order valence-corrected chi connectivity index (χ4v) is 3.11. The van der Waals surface area contributed by atoms with Crippen LogP contribution in [-0.2, 0) is 12.8 Å². The zero-order chi connectivity index (χ0) is 17.9. The summed E-state index contributed by atoms with van der Waals surface area (Å²) in [4.78, 5) is 11.1. The Morgan fingerprint density at radius 3 is 2.78 bits per heavy atom. The lowest BCUT2D eigenvalue weighted by atomic mass is 10.2. The number of benzene rings is 1. The first-order chi connectivity index (χ1) is 12.7. The van der Waals surface area contributed by atoms with Crippen molar-refractivity contribution in [3.8, 4) is 11.3 Å². The van der Waals surface area contributed by atoms with Gasteiger partial charge in [-0.3, -0.25) is 4.90 Å². The number of rotatable bonds is 5. The van der Waals surface area contributed by atoms with Crippen LogP contribution in [0.5, 0.6) is 0 Å². The molecule has 0 spiro atoms. The zero-order valence-electron chi connectivity index (χ0n) is 14.9. The molecule has 27 heavy (non-hydrogen) atoms. The van der Waals surface area contributed by atoms with Gasteiger partial charge in [-0.15, -0.1) is 12.4 Å². The molecule has 0 bridgehead atoms. The number of hydrogen-bond acceptors (Lipinski definition) is 7. The molecule has 1 atom stereocenters. The van der Waals surface area contributed by atoms with Crippen molar-refractivity contribution in [1.29, 1.82) is 0 Å². The highest BCUT2D eigenvalue weighted by molar-refractivity contribution is 6.30. The largest absolute Gasteiger partial charge is 0.441 e. The standard InChI is InChI=1S/C18H20ClN5O2.ClH/c1-24-9-8-20-10-14(24)18-22-17(26-23-18)7-6-16-21-11-15(25-16)12-2-4-13(19)5-3-12;/h2-5,11,14,20H,6-10H2,1H3;1H. The Balaban J connectivity index is 0.00000210. The fourth-order valence-electron chi connectivity index (χ4n) is 2.99. The van der Waals surface area contributed by atoms with Gasteiger partial charge in [-0.2, -0.15) is 4.98 Å². The van der Waals surface area contributed by atoms with Crippen molar-refractivity contribution < 1.29 is 8.94 Å². The Morgan fingerprint density at radius 2 is 2.00 bits per heavy atom. The van der Waals surface area contributed by atoms with Gasteiger partial charge in [0.2, 0.25) is 5.89 Å². The normalized spacial score (nSPS) is 17.6. The first-order valence-corrected chi connectivity index (χ1v) is 9.01. The third kappa shape index (κ3) is 4.68. The minimum atomic E-state index is 0. The molecule has 1 saturated heterocycles. The van der Waals surface area contributed by atoms with Crippen molar-refractivity contribution in [3.63, 3.8) is 0 Å². The van der Waals surface area contributed by atoms with Crippen LogP contribution in [0.25, 0.3) is 11.3 Å². The molecular weight excluding hydrogens is 389 g/mol. The summed E-state index contributed by atoms with van der Waals surface area (Å²) in [6.45, 7) is 2.79. The van der Waals surface area contributed by atoms with Crippen LogP contribution >= 0.6 is 24.0 Å². The monoisotopic (exact) mass is 409 g/mol. The molecule has 2 aromatic heterocycles. The van der Waals surface area contributed by atoms with Gasteiger partial charge >= 0.3 is 0 Å². The Labute approximate surface area is 168 Å². The minimum absolute atomic E-state index is 0. The molecule has 1 aromatic carbocycles. The van der Waals surface area contributed by atoms with Gasteiger partial charge in [0.1, 0.15) is 0 Å². The number of halogens is 2. The fraction of sp³-hybridized carbons (Fsp3) is 0.389. The second-order valence-corrected chi connectivity index (χ2v) is 6.81. The predicted octanol–water partition coefficient (Wildman–Crippen LogP) is 3.16. The number of likely N-dealkylation sites (N-methyl/N-ethyl adjacent to an activating group) is 1. The molecule has 0 saturated carbocycles. The third-order valence-electron chi connectivity index (χ3n) is 4.53. The molecule has 1 aliphatic rings. The molecule has 1 fully saturated rings. The lowest BCUT2D eigenvalue weighted by Crippen LogP contribution is -2.44. The summed E-state index contributed by atoms with van der Waals surface area (Å²) in [5.41, 5.74) is 0.945. The first kappa shape index (κ1) is 19.8. The van der Waals surface area contributed by atoms with E-state index in [4.69, 9.17) is 20.5 Å². The van der Waals surface area contributed by atoms with Gasteiger partial charge in [-0.05, 0) is 31.3 Å². The summed E-state index contributed by atoms with van der Waals surface area (Å²) in [6.07, 6.45) is 2.92. The number of nitrogens with zero attached hydrogens (tertiary/aromatic N) is 4. The molecule has 3 heterocycles. The zero-order valence-corrected chi connectivity index (χ0v) is 16.5. The van der Waals surface area contributed by atoms with Gasteiger partial charge in [0.25, 0.3) is 0 Å². The molecule has 7 nitrogen and oxygen atoms in total. The second-order valence-electron chi connectivity index (χ2n) is 6.37. The highest BCUT2D eigenvalue weighted by Gasteiger charge is 2.25. The van der Waals surface area contributed by atoms with Crippen LogP contribution in [-0.4, -0.2) is 46.7 Å². The van der Waals surface area contributed by atoms with E-state index in [0.29, 0.717) is 29.6 Å². The van der Waals surface area contributed by atoms with Crippen LogP contribution in [0, 0.1) is 0 Å². The van der Waals surface area contributed by atoms with E-state index in [-0.39, 0.29) is 18.4 Å². The molecule has 9 heteroatoms. The average Bonchev–Trinajstić information content (AvgIpc) is 3.30. The van der Waals surface area contributed by atoms with E-state index in [1.807, 2.05) is 24.3 Å². The van der Waals surface area contributed by atoms with E-state index in [9.17, 15) is 0 Å². The van der Waals surface area contributed by atoms with E-state index in [1.54, 1.807) is 6.20 Å². The van der Waals surface area contributed by atoms with Gasteiger partial charge in [0.05, 0.1) is 12.2 Å².